The molecule has 0 aliphatic carbocycles. The van der Waals surface area contributed by atoms with E-state index in [1.807, 2.05) is 0 Å². The molecule has 0 unspecified atom stereocenters. The van der Waals surface area contributed by atoms with Gasteiger partial charge < -0.3 is 49.4 Å². The third-order valence-electron chi connectivity index (χ3n) is 6.92. The molecule has 13 nitrogen and oxygen atoms in total. The van der Waals surface area contributed by atoms with Crippen molar-refractivity contribution in [2.75, 3.05) is 26.1 Å². The second kappa shape index (κ2) is 17.1. The van der Waals surface area contributed by atoms with Gasteiger partial charge in [-0.25, -0.2) is 4.79 Å². The summed E-state index contributed by atoms with van der Waals surface area (Å²) in [6.45, 7) is -0.508. The van der Waals surface area contributed by atoms with Crippen LogP contribution in [0.25, 0.3) is 0 Å². The third kappa shape index (κ3) is 9.78. The van der Waals surface area contributed by atoms with Crippen molar-refractivity contribution in [2.24, 2.45) is 0 Å². The van der Waals surface area contributed by atoms with Crippen LogP contribution in [-0.4, -0.2) is 89.8 Å². The van der Waals surface area contributed by atoms with Gasteiger partial charge in [-0.2, -0.15) is 0 Å². The van der Waals surface area contributed by atoms with Crippen LogP contribution in [-0.2, 0) is 30.4 Å². The van der Waals surface area contributed by atoms with Gasteiger partial charge in [-0.1, -0.05) is 36.6 Å². The Bertz CT molecular complexity index is 1270. The predicted octanol–water partition coefficient (Wildman–Crippen LogP) is 2.90. The number of hydrogen-bond acceptors (Lipinski definition) is 11. The van der Waals surface area contributed by atoms with Crippen LogP contribution in [0.2, 0.25) is 5.02 Å². The minimum atomic E-state index is -1.60. The van der Waals surface area contributed by atoms with Crippen LogP contribution in [0, 0.1) is 0 Å². The molecule has 0 saturated carbocycles. The van der Waals surface area contributed by atoms with Crippen LogP contribution in [0.15, 0.2) is 36.4 Å². The number of esters is 1. The molecular formula is C30H38ClNO12. The number of carboxylic acids is 1. The first kappa shape index (κ1) is 35.0. The van der Waals surface area contributed by atoms with E-state index in [1.54, 1.807) is 24.3 Å². The quantitative estimate of drug-likeness (QED) is 0.134. The Hall–Kier alpha value is -3.46. The summed E-state index contributed by atoms with van der Waals surface area (Å²) in [5.41, 5.74) is 1.23. The maximum absolute atomic E-state index is 13.1. The van der Waals surface area contributed by atoms with E-state index in [0.29, 0.717) is 24.9 Å². The molecule has 5 atom stereocenters. The largest absolute Gasteiger partial charge is 0.496 e. The second-order valence-electron chi connectivity index (χ2n) is 10.1. The second-order valence-corrected chi connectivity index (χ2v) is 10.5. The van der Waals surface area contributed by atoms with Gasteiger partial charge >= 0.3 is 11.9 Å². The molecule has 242 valence electrons. The number of carboxylic acid groups (broad SMARTS) is 1. The smallest absolute Gasteiger partial charge is 0.342 e. The summed E-state index contributed by atoms with van der Waals surface area (Å²) in [4.78, 5) is 35.9. The number of carbonyl (C=O) groups is 3. The molecule has 0 radical (unpaired) electrons. The number of nitrogens with one attached hydrogen (secondary N) is 1. The summed E-state index contributed by atoms with van der Waals surface area (Å²) in [5, 5.41) is 41.6. The Balaban J connectivity index is 1.59. The van der Waals surface area contributed by atoms with E-state index in [9.17, 15) is 29.7 Å². The molecule has 5 N–H and O–H groups in total. The number of hydrogen-bond donors (Lipinski definition) is 5. The fourth-order valence-corrected chi connectivity index (χ4v) is 4.79. The first-order chi connectivity index (χ1) is 21.1. The van der Waals surface area contributed by atoms with Gasteiger partial charge in [0.1, 0.15) is 42.0 Å². The Labute approximate surface area is 259 Å². The molecule has 2 aromatic rings. The summed E-state index contributed by atoms with van der Waals surface area (Å²) in [7, 11) is 2.59. The zero-order valence-electron chi connectivity index (χ0n) is 24.4. The van der Waals surface area contributed by atoms with E-state index >= 15 is 0 Å². The van der Waals surface area contributed by atoms with Crippen LogP contribution in [0.5, 0.6) is 11.5 Å². The number of carbonyl (C=O) groups excluding carboxylic acids is 2. The van der Waals surface area contributed by atoms with E-state index in [-0.39, 0.29) is 41.0 Å². The van der Waals surface area contributed by atoms with E-state index in [1.165, 1.54) is 26.4 Å². The number of halogens is 1. The monoisotopic (exact) mass is 639 g/mol. The molecule has 1 heterocycles. The number of aliphatic hydroxyl groups is 3. The molecule has 1 amide bonds. The molecule has 2 aromatic carbocycles. The number of benzene rings is 2. The highest BCUT2D eigenvalue weighted by atomic mass is 35.5. The Morgan fingerprint density at radius 2 is 1.70 bits per heavy atom. The first-order valence-electron chi connectivity index (χ1n) is 14.0. The van der Waals surface area contributed by atoms with Crippen molar-refractivity contribution in [3.8, 4) is 11.5 Å². The van der Waals surface area contributed by atoms with Crippen molar-refractivity contribution in [3.63, 3.8) is 0 Å². The lowest BCUT2D eigenvalue weighted by Gasteiger charge is -2.40. The van der Waals surface area contributed by atoms with Crippen molar-refractivity contribution in [1.82, 2.24) is 0 Å². The summed E-state index contributed by atoms with van der Waals surface area (Å²) in [6.07, 6.45) is -3.70. The number of unbranched alkanes of at least 4 members (excludes halogenated alkanes) is 3. The average Bonchev–Trinajstić information content (AvgIpc) is 3.00. The maximum atomic E-state index is 13.1. The van der Waals surface area contributed by atoms with Crippen molar-refractivity contribution in [2.45, 2.75) is 75.8 Å². The van der Waals surface area contributed by atoms with Crippen molar-refractivity contribution >= 4 is 35.1 Å². The van der Waals surface area contributed by atoms with E-state index in [0.717, 1.165) is 18.4 Å². The van der Waals surface area contributed by atoms with Crippen molar-refractivity contribution < 1.29 is 58.5 Å². The van der Waals surface area contributed by atoms with Crippen LogP contribution in [0.3, 0.4) is 0 Å². The molecule has 44 heavy (non-hydrogen) atoms. The summed E-state index contributed by atoms with van der Waals surface area (Å²) >= 11 is 6.41. The van der Waals surface area contributed by atoms with Gasteiger partial charge in [0.25, 0.3) is 0 Å². The molecule has 14 heteroatoms. The highest BCUT2D eigenvalue weighted by Crippen LogP contribution is 2.35. The van der Waals surface area contributed by atoms with Crippen LogP contribution < -0.4 is 14.8 Å². The molecule has 1 saturated heterocycles. The first-order valence-corrected chi connectivity index (χ1v) is 14.4. The molecule has 1 aliphatic heterocycles. The molecule has 0 bridgehead atoms. The Morgan fingerprint density at radius 3 is 2.36 bits per heavy atom. The van der Waals surface area contributed by atoms with Crippen molar-refractivity contribution in [3.05, 3.63) is 52.5 Å². The number of amides is 1. The molecule has 3 rings (SSSR count). The van der Waals surface area contributed by atoms with E-state index in [4.69, 9.17) is 40.4 Å². The lowest BCUT2D eigenvalue weighted by atomic mass is 9.99. The van der Waals surface area contributed by atoms with Gasteiger partial charge in [0.15, 0.2) is 12.4 Å². The number of aliphatic hydroxyl groups excluding tert-OH is 3. The van der Waals surface area contributed by atoms with Gasteiger partial charge in [0.2, 0.25) is 5.91 Å². The van der Waals surface area contributed by atoms with Gasteiger partial charge in [0, 0.05) is 31.7 Å². The zero-order valence-corrected chi connectivity index (χ0v) is 25.2. The van der Waals surface area contributed by atoms with Crippen LogP contribution >= 0.6 is 11.6 Å². The average molecular weight is 640 g/mol. The molecular weight excluding hydrogens is 602 g/mol. The minimum absolute atomic E-state index is 0.0624. The number of aliphatic carboxylic acids is 1. The van der Waals surface area contributed by atoms with Gasteiger partial charge in [-0.3, -0.25) is 9.59 Å². The van der Waals surface area contributed by atoms with Gasteiger partial charge in [-0.15, -0.1) is 0 Å². The fraction of sp³-hybridized carbons (Fsp3) is 0.500. The lowest BCUT2D eigenvalue weighted by Crippen LogP contribution is -2.60. The van der Waals surface area contributed by atoms with Crippen LogP contribution in [0.1, 0.15) is 54.4 Å². The molecule has 0 spiro atoms. The highest BCUT2D eigenvalue weighted by Gasteiger charge is 2.47. The number of anilines is 1. The van der Waals surface area contributed by atoms with Gasteiger partial charge in [0.05, 0.1) is 18.7 Å². The summed E-state index contributed by atoms with van der Waals surface area (Å²) in [5.74, 6) is -1.65. The number of methoxy groups -OCH3 is 2. The minimum Gasteiger partial charge on any atom is -0.496 e. The van der Waals surface area contributed by atoms with Gasteiger partial charge in [-0.05, 0) is 36.6 Å². The molecule has 1 aliphatic rings. The third-order valence-corrected chi connectivity index (χ3v) is 7.22. The Morgan fingerprint density at radius 1 is 0.977 bits per heavy atom. The van der Waals surface area contributed by atoms with Crippen LogP contribution in [0.4, 0.5) is 5.69 Å². The topological polar surface area (TPSA) is 190 Å². The summed E-state index contributed by atoms with van der Waals surface area (Å²) in [6, 6.07) is 9.74. The molecule has 0 aromatic heterocycles. The zero-order chi connectivity index (χ0) is 32.2. The SMILES string of the molecule is COc1cc(OCc2cccc(NC(=O)CCCCCCC(=O)O)c2)c(Cl)cc1C(=O)O[C@H]1[C@@H](OC)O[C@H](CO)[C@@H](O)[C@@H]1O. The number of rotatable bonds is 16. The predicted molar refractivity (Wildman–Crippen MR) is 157 cm³/mol. The standard InChI is InChI=1S/C30H38ClNO12/c1-40-21-14-22(20(31)13-19(21)29(39)44-28-27(38)26(37)23(15-33)43-30(28)41-2)42-16-17-8-7-9-18(12-17)32-24(34)10-5-3-4-6-11-25(35)36/h7-9,12-14,23,26-28,30,33,37-38H,3-6,10-11,15-16H2,1-2H3,(H,32,34)(H,35,36)/t23-,26-,27+,28-,30+/m1/s1. The van der Waals surface area contributed by atoms with E-state index < -0.39 is 49.3 Å². The molecule has 1 fully saturated rings. The fourth-order valence-electron chi connectivity index (χ4n) is 4.57. The highest BCUT2D eigenvalue weighted by molar-refractivity contribution is 6.32. The Kier molecular flexibility index (Phi) is 13.6. The maximum Gasteiger partial charge on any atom is 0.342 e. The number of ether oxygens (including phenoxy) is 5. The normalized spacial score (nSPS) is 21.4. The lowest BCUT2D eigenvalue weighted by molar-refractivity contribution is -0.293. The van der Waals surface area contributed by atoms with E-state index in [2.05, 4.69) is 5.32 Å². The van der Waals surface area contributed by atoms with Crippen molar-refractivity contribution in [1.29, 1.82) is 0 Å². The summed E-state index contributed by atoms with van der Waals surface area (Å²) < 4.78 is 27.1.